The van der Waals surface area contributed by atoms with Gasteiger partial charge in [0.25, 0.3) is 0 Å². The van der Waals surface area contributed by atoms with Crippen LogP contribution >= 0.6 is 7.60 Å². The zero-order chi connectivity index (χ0) is 24.7. The number of esters is 1. The van der Waals surface area contributed by atoms with Gasteiger partial charge in [0.2, 0.25) is 5.78 Å². The number of hydrogen-bond acceptors (Lipinski definition) is 6. The smallest absolute Gasteiger partial charge is 0.456 e. The van der Waals surface area contributed by atoms with E-state index in [1.54, 1.807) is 0 Å². The highest BCUT2D eigenvalue weighted by atomic mass is 31.2. The predicted molar refractivity (Wildman–Crippen MR) is 124 cm³/mol. The van der Waals surface area contributed by atoms with Crippen molar-refractivity contribution in [1.29, 1.82) is 0 Å². The molecule has 0 aliphatic carbocycles. The average Bonchev–Trinajstić information content (AvgIpc) is 2.84. The molecule has 0 N–H and O–H groups in total. The van der Waals surface area contributed by atoms with Crippen molar-refractivity contribution in [2.45, 2.75) is 109 Å². The molecule has 192 valence electrons. The summed E-state index contributed by atoms with van der Waals surface area (Å²) < 4.78 is 56.1. The summed E-state index contributed by atoms with van der Waals surface area (Å²) in [4.78, 5) is 23.8. The van der Waals surface area contributed by atoms with Crippen molar-refractivity contribution in [3.8, 4) is 0 Å². The van der Waals surface area contributed by atoms with Crippen molar-refractivity contribution in [3.05, 3.63) is 11.8 Å². The van der Waals surface area contributed by atoms with Gasteiger partial charge in [0.05, 0.1) is 13.7 Å². The monoisotopic (exact) mass is 494 g/mol. The molecule has 0 bridgehead atoms. The molecule has 0 fully saturated rings. The van der Waals surface area contributed by atoms with Gasteiger partial charge in [-0.3, -0.25) is 14.1 Å². The first kappa shape index (κ1) is 29.8. The molecule has 0 aromatic rings. The number of halogens is 2. The maximum absolute atomic E-state index is 14.6. The topological polar surface area (TPSA) is 78.9 Å². The Morgan fingerprint density at radius 3 is 1.88 bits per heavy atom. The number of allylic oxidation sites excluding steroid dienone is 1. The molecule has 1 heterocycles. The third kappa shape index (κ3) is 9.86. The highest BCUT2D eigenvalue weighted by Crippen LogP contribution is 2.65. The van der Waals surface area contributed by atoms with Crippen molar-refractivity contribution < 1.29 is 36.7 Å². The third-order valence-electron chi connectivity index (χ3n) is 5.80. The van der Waals surface area contributed by atoms with Gasteiger partial charge in [-0.05, 0) is 19.4 Å². The van der Waals surface area contributed by atoms with Crippen LogP contribution < -0.4 is 0 Å². The molecular weight excluding hydrogens is 453 g/mol. The number of ketones is 1. The summed E-state index contributed by atoms with van der Waals surface area (Å²) in [5.74, 6) is -5.12. The van der Waals surface area contributed by atoms with Gasteiger partial charge in [-0.25, -0.2) is 4.57 Å². The lowest BCUT2D eigenvalue weighted by atomic mass is 10.0. The lowest BCUT2D eigenvalue weighted by molar-refractivity contribution is -0.152. The van der Waals surface area contributed by atoms with Crippen LogP contribution in [0.15, 0.2) is 11.8 Å². The number of unbranched alkanes of at least 4 members (excludes halogenated alkanes) is 13. The molecular formula is C24H41F2O6P. The van der Waals surface area contributed by atoms with Gasteiger partial charge in [0.15, 0.2) is 0 Å². The fourth-order valence-corrected chi connectivity index (χ4v) is 5.35. The number of alkyl halides is 2. The maximum atomic E-state index is 14.6. The fraction of sp³-hybridized carbons (Fsp3) is 0.833. The molecule has 0 saturated heterocycles. The van der Waals surface area contributed by atoms with Gasteiger partial charge >= 0.3 is 19.2 Å². The number of hydrogen-bond donors (Lipinski definition) is 0. The largest absolute Gasteiger partial charge is 0.468 e. The maximum Gasteiger partial charge on any atom is 0.456 e. The first-order valence-corrected chi connectivity index (χ1v) is 13.9. The molecule has 6 nitrogen and oxygen atoms in total. The summed E-state index contributed by atoms with van der Waals surface area (Å²) in [5, 5.41) is 0. The second kappa shape index (κ2) is 15.6. The average molecular weight is 495 g/mol. The summed E-state index contributed by atoms with van der Waals surface area (Å²) in [6.45, 7) is 3.25. The van der Waals surface area contributed by atoms with E-state index in [-0.39, 0.29) is 12.4 Å². The second-order valence-electron chi connectivity index (χ2n) is 8.70. The zero-order valence-electron chi connectivity index (χ0n) is 20.4. The molecule has 33 heavy (non-hydrogen) atoms. The summed E-state index contributed by atoms with van der Waals surface area (Å²) in [5.41, 5.74) is -4.43. The van der Waals surface area contributed by atoms with E-state index in [1.807, 2.05) is 0 Å². The zero-order valence-corrected chi connectivity index (χ0v) is 21.3. The minimum absolute atomic E-state index is 0.214. The van der Waals surface area contributed by atoms with Gasteiger partial charge in [0, 0.05) is 0 Å². The molecule has 0 amide bonds. The molecule has 2 atom stereocenters. The Morgan fingerprint density at radius 1 is 0.970 bits per heavy atom. The molecule has 0 saturated carbocycles. The molecule has 1 aliphatic rings. The number of methoxy groups -OCH3 is 1. The highest BCUT2D eigenvalue weighted by molar-refractivity contribution is 7.56. The predicted octanol–water partition coefficient (Wildman–Crippen LogP) is 7.56. The molecule has 0 spiro atoms. The van der Waals surface area contributed by atoms with E-state index >= 15 is 0 Å². The number of ether oxygens (including phenoxy) is 1. The Morgan fingerprint density at radius 2 is 1.42 bits per heavy atom. The van der Waals surface area contributed by atoms with E-state index in [9.17, 15) is 22.9 Å². The van der Waals surface area contributed by atoms with E-state index < -0.39 is 30.9 Å². The fourth-order valence-electron chi connectivity index (χ4n) is 3.80. The van der Waals surface area contributed by atoms with Crippen LogP contribution in [0.5, 0.6) is 0 Å². The number of Topliss-reactive ketones (excluding diaryl/α,β-unsaturated/α-hetero) is 1. The Bertz CT molecular complexity index is 680. The Balaban J connectivity index is 2.25. The van der Waals surface area contributed by atoms with Crippen molar-refractivity contribution in [2.24, 2.45) is 5.92 Å². The van der Waals surface area contributed by atoms with Crippen molar-refractivity contribution in [1.82, 2.24) is 0 Å². The van der Waals surface area contributed by atoms with E-state index in [0.717, 1.165) is 38.9 Å². The highest BCUT2D eigenvalue weighted by Gasteiger charge is 2.64. The van der Waals surface area contributed by atoms with E-state index in [0.29, 0.717) is 6.42 Å². The standard InChI is InChI=1S/C24H41F2O6P/c1-4-5-6-7-8-9-10-11-12-13-14-15-16-17-18-31-33(29)24(25,26)22(27)21(23(28)30-3)19-20(2)32-33/h19,21H,4-18H2,1-3H3. The molecule has 2 unspecified atom stereocenters. The molecule has 1 rings (SSSR count). The van der Waals surface area contributed by atoms with Crippen molar-refractivity contribution in [2.75, 3.05) is 13.7 Å². The Kier molecular flexibility index (Phi) is 14.1. The minimum Gasteiger partial charge on any atom is -0.468 e. The molecule has 9 heteroatoms. The van der Waals surface area contributed by atoms with Crippen LogP contribution in [0.25, 0.3) is 0 Å². The van der Waals surface area contributed by atoms with Crippen LogP contribution in [-0.2, 0) is 27.9 Å². The quantitative estimate of drug-likeness (QED) is 0.0898. The van der Waals surface area contributed by atoms with Gasteiger partial charge < -0.3 is 9.26 Å². The minimum atomic E-state index is -5.10. The van der Waals surface area contributed by atoms with Crippen LogP contribution in [0.3, 0.4) is 0 Å². The van der Waals surface area contributed by atoms with Gasteiger partial charge in [-0.1, -0.05) is 90.4 Å². The van der Waals surface area contributed by atoms with Crippen LogP contribution in [-0.4, -0.2) is 31.1 Å². The van der Waals surface area contributed by atoms with Crippen LogP contribution in [0, 0.1) is 5.92 Å². The van der Waals surface area contributed by atoms with Crippen LogP contribution in [0.1, 0.15) is 104 Å². The van der Waals surface area contributed by atoms with E-state index in [4.69, 9.17) is 9.05 Å². The summed E-state index contributed by atoms with van der Waals surface area (Å²) in [6, 6.07) is 0. The molecule has 0 aromatic carbocycles. The van der Waals surface area contributed by atoms with Crippen molar-refractivity contribution >= 4 is 19.3 Å². The number of rotatable bonds is 17. The van der Waals surface area contributed by atoms with E-state index in [1.165, 1.54) is 64.7 Å². The van der Waals surface area contributed by atoms with Gasteiger partial charge in [0.1, 0.15) is 11.7 Å². The molecule has 1 aliphatic heterocycles. The van der Waals surface area contributed by atoms with Crippen LogP contribution in [0.4, 0.5) is 8.78 Å². The summed E-state index contributed by atoms with van der Waals surface area (Å²) in [7, 11) is -4.12. The second-order valence-corrected chi connectivity index (χ2v) is 10.7. The van der Waals surface area contributed by atoms with Gasteiger partial charge in [-0.15, -0.1) is 0 Å². The lowest BCUT2D eigenvalue weighted by Crippen LogP contribution is -2.37. The van der Waals surface area contributed by atoms with Gasteiger partial charge in [-0.2, -0.15) is 8.78 Å². The molecule has 0 radical (unpaired) electrons. The van der Waals surface area contributed by atoms with E-state index in [2.05, 4.69) is 11.7 Å². The summed E-state index contributed by atoms with van der Waals surface area (Å²) >= 11 is 0. The normalized spacial score (nSPS) is 22.4. The number of carbonyl (C=O) groups excluding carboxylic acids is 2. The van der Waals surface area contributed by atoms with Crippen molar-refractivity contribution in [3.63, 3.8) is 0 Å². The first-order valence-electron chi connectivity index (χ1n) is 12.3. The first-order chi connectivity index (χ1) is 15.7. The SMILES string of the molecule is CCCCCCCCCCCCCCCCOP1(=O)OC(C)=CC(C(=O)OC)C(=O)C1(F)F. The number of carbonyl (C=O) groups is 2. The third-order valence-corrected chi connectivity index (χ3v) is 7.76. The summed E-state index contributed by atoms with van der Waals surface area (Å²) in [6.07, 6.45) is 16.9. The lowest BCUT2D eigenvalue weighted by Gasteiger charge is -2.24. The molecule has 0 aromatic heterocycles. The Labute approximate surface area is 197 Å². The Hall–Kier alpha value is -1.27. The van der Waals surface area contributed by atoms with Crippen LogP contribution in [0.2, 0.25) is 0 Å².